The number of hydrogen-bond donors (Lipinski definition) is 1. The standard InChI is InChI=1S/C13H18N4/c1-2-17-11-16-10-13(17)9-15-7-5-12-4-3-6-14-8-12/h3-4,6,8,10-11,15H,2,5,7,9H2,1H3. The van der Waals surface area contributed by atoms with Crippen LogP contribution >= 0.6 is 0 Å². The van der Waals surface area contributed by atoms with Gasteiger partial charge in [0.25, 0.3) is 0 Å². The Hall–Kier alpha value is -1.68. The van der Waals surface area contributed by atoms with Crippen molar-refractivity contribution < 1.29 is 0 Å². The molecule has 0 bridgehead atoms. The lowest BCUT2D eigenvalue weighted by atomic mass is 10.2. The van der Waals surface area contributed by atoms with E-state index in [1.807, 2.05) is 24.8 Å². The second-order valence-corrected chi connectivity index (χ2v) is 3.96. The highest BCUT2D eigenvalue weighted by Gasteiger charge is 1.99. The van der Waals surface area contributed by atoms with Crippen molar-refractivity contribution in [1.82, 2.24) is 19.9 Å². The van der Waals surface area contributed by atoms with E-state index in [-0.39, 0.29) is 0 Å². The van der Waals surface area contributed by atoms with Crippen molar-refractivity contribution >= 4 is 0 Å². The van der Waals surface area contributed by atoms with E-state index in [4.69, 9.17) is 0 Å². The van der Waals surface area contributed by atoms with Gasteiger partial charge in [0, 0.05) is 31.7 Å². The van der Waals surface area contributed by atoms with Gasteiger partial charge in [-0.2, -0.15) is 0 Å². The first-order valence-corrected chi connectivity index (χ1v) is 5.98. The van der Waals surface area contributed by atoms with E-state index in [0.717, 1.165) is 26.1 Å². The van der Waals surface area contributed by atoms with Gasteiger partial charge in [-0.3, -0.25) is 4.98 Å². The zero-order valence-corrected chi connectivity index (χ0v) is 10.1. The average Bonchev–Trinajstić information content (AvgIpc) is 2.83. The molecule has 0 radical (unpaired) electrons. The molecule has 1 N–H and O–H groups in total. The van der Waals surface area contributed by atoms with E-state index in [0.29, 0.717) is 0 Å². The van der Waals surface area contributed by atoms with E-state index in [2.05, 4.69) is 32.8 Å². The molecular weight excluding hydrogens is 212 g/mol. The zero-order chi connectivity index (χ0) is 11.9. The van der Waals surface area contributed by atoms with Crippen LogP contribution in [0.15, 0.2) is 37.1 Å². The van der Waals surface area contributed by atoms with Gasteiger partial charge in [-0.1, -0.05) is 6.07 Å². The second kappa shape index (κ2) is 6.15. The van der Waals surface area contributed by atoms with Crippen molar-refractivity contribution in [2.75, 3.05) is 6.54 Å². The van der Waals surface area contributed by atoms with Gasteiger partial charge in [0.2, 0.25) is 0 Å². The minimum Gasteiger partial charge on any atom is -0.334 e. The molecule has 17 heavy (non-hydrogen) atoms. The lowest BCUT2D eigenvalue weighted by Crippen LogP contribution is -2.18. The number of aryl methyl sites for hydroxylation is 1. The van der Waals surface area contributed by atoms with E-state index in [1.165, 1.54) is 11.3 Å². The van der Waals surface area contributed by atoms with Crippen molar-refractivity contribution in [2.45, 2.75) is 26.4 Å². The van der Waals surface area contributed by atoms with Crippen LogP contribution in [-0.2, 0) is 19.5 Å². The first-order chi connectivity index (χ1) is 8.40. The van der Waals surface area contributed by atoms with Crippen LogP contribution < -0.4 is 5.32 Å². The molecule has 0 aromatic carbocycles. The summed E-state index contributed by atoms with van der Waals surface area (Å²) < 4.78 is 2.15. The van der Waals surface area contributed by atoms with Crippen LogP contribution in [0.3, 0.4) is 0 Å². The van der Waals surface area contributed by atoms with Crippen LogP contribution in [0, 0.1) is 0 Å². The summed E-state index contributed by atoms with van der Waals surface area (Å²) in [5, 5.41) is 3.42. The van der Waals surface area contributed by atoms with Gasteiger partial charge in [-0.25, -0.2) is 4.98 Å². The largest absolute Gasteiger partial charge is 0.334 e. The molecule has 4 heteroatoms. The summed E-state index contributed by atoms with van der Waals surface area (Å²) in [6, 6.07) is 4.08. The van der Waals surface area contributed by atoms with Gasteiger partial charge < -0.3 is 9.88 Å². The van der Waals surface area contributed by atoms with Gasteiger partial charge in [0.15, 0.2) is 0 Å². The summed E-state index contributed by atoms with van der Waals surface area (Å²) in [6.07, 6.45) is 8.52. The van der Waals surface area contributed by atoms with Crippen molar-refractivity contribution in [3.05, 3.63) is 48.3 Å². The highest BCUT2D eigenvalue weighted by Crippen LogP contribution is 1.99. The Kier molecular flexibility index (Phi) is 4.27. The van der Waals surface area contributed by atoms with Crippen LogP contribution in [0.4, 0.5) is 0 Å². The van der Waals surface area contributed by atoms with Crippen LogP contribution in [0.2, 0.25) is 0 Å². The lowest BCUT2D eigenvalue weighted by molar-refractivity contribution is 0.627. The third kappa shape index (κ3) is 3.39. The molecule has 2 heterocycles. The molecule has 0 amide bonds. The van der Waals surface area contributed by atoms with E-state index < -0.39 is 0 Å². The van der Waals surface area contributed by atoms with Crippen molar-refractivity contribution in [3.8, 4) is 0 Å². The highest BCUT2D eigenvalue weighted by atomic mass is 15.1. The predicted octanol–water partition coefficient (Wildman–Crippen LogP) is 1.63. The molecular formula is C13H18N4. The molecule has 0 fully saturated rings. The van der Waals surface area contributed by atoms with Gasteiger partial charge in [-0.15, -0.1) is 0 Å². The van der Waals surface area contributed by atoms with E-state index in [9.17, 15) is 0 Å². The number of nitrogens with one attached hydrogen (secondary N) is 1. The lowest BCUT2D eigenvalue weighted by Gasteiger charge is -2.06. The summed E-state index contributed by atoms with van der Waals surface area (Å²) in [6.45, 7) is 4.93. The Morgan fingerprint density at radius 2 is 2.24 bits per heavy atom. The molecule has 0 saturated heterocycles. The second-order valence-electron chi connectivity index (χ2n) is 3.96. The molecule has 0 aliphatic heterocycles. The summed E-state index contributed by atoms with van der Waals surface area (Å²) in [4.78, 5) is 8.24. The molecule has 0 spiro atoms. The number of pyridine rings is 1. The molecule has 0 aliphatic carbocycles. The molecule has 4 nitrogen and oxygen atoms in total. The molecule has 2 rings (SSSR count). The predicted molar refractivity (Wildman–Crippen MR) is 67.5 cm³/mol. The van der Waals surface area contributed by atoms with E-state index >= 15 is 0 Å². The summed E-state index contributed by atoms with van der Waals surface area (Å²) in [5.74, 6) is 0. The quantitative estimate of drug-likeness (QED) is 0.767. The first-order valence-electron chi connectivity index (χ1n) is 5.98. The molecule has 2 aromatic heterocycles. The zero-order valence-electron chi connectivity index (χ0n) is 10.1. The fourth-order valence-corrected chi connectivity index (χ4v) is 1.78. The molecule has 0 aliphatic rings. The summed E-state index contributed by atoms with van der Waals surface area (Å²) >= 11 is 0. The van der Waals surface area contributed by atoms with E-state index in [1.54, 1.807) is 6.20 Å². The topological polar surface area (TPSA) is 42.7 Å². The van der Waals surface area contributed by atoms with Crippen LogP contribution in [0.25, 0.3) is 0 Å². The SMILES string of the molecule is CCn1cncc1CNCCc1cccnc1. The fraction of sp³-hybridized carbons (Fsp3) is 0.385. The molecule has 90 valence electrons. The Labute approximate surface area is 102 Å². The van der Waals surface area contributed by atoms with Crippen molar-refractivity contribution in [3.63, 3.8) is 0 Å². The van der Waals surface area contributed by atoms with Gasteiger partial charge in [0.05, 0.1) is 12.0 Å². The Bertz CT molecular complexity index is 436. The van der Waals surface area contributed by atoms with Crippen LogP contribution in [0.1, 0.15) is 18.2 Å². The van der Waals surface area contributed by atoms with Gasteiger partial charge in [0.1, 0.15) is 0 Å². The Balaban J connectivity index is 1.73. The Morgan fingerprint density at radius 3 is 3.00 bits per heavy atom. The Morgan fingerprint density at radius 1 is 1.29 bits per heavy atom. The maximum atomic E-state index is 4.14. The average molecular weight is 230 g/mol. The van der Waals surface area contributed by atoms with Crippen molar-refractivity contribution in [2.24, 2.45) is 0 Å². The first kappa shape index (κ1) is 11.8. The third-order valence-corrected chi connectivity index (χ3v) is 2.76. The highest BCUT2D eigenvalue weighted by molar-refractivity contribution is 5.08. The smallest absolute Gasteiger partial charge is 0.0948 e. The minimum absolute atomic E-state index is 0.869. The maximum absolute atomic E-state index is 4.14. The van der Waals surface area contributed by atoms with Crippen LogP contribution in [0.5, 0.6) is 0 Å². The number of rotatable bonds is 6. The number of hydrogen-bond acceptors (Lipinski definition) is 3. The van der Waals surface area contributed by atoms with Gasteiger partial charge >= 0.3 is 0 Å². The van der Waals surface area contributed by atoms with Crippen molar-refractivity contribution in [1.29, 1.82) is 0 Å². The third-order valence-electron chi connectivity index (χ3n) is 2.76. The maximum Gasteiger partial charge on any atom is 0.0948 e. The summed E-state index contributed by atoms with van der Waals surface area (Å²) in [5.41, 5.74) is 2.50. The monoisotopic (exact) mass is 230 g/mol. The fourth-order valence-electron chi connectivity index (χ4n) is 1.78. The van der Waals surface area contributed by atoms with Gasteiger partial charge in [-0.05, 0) is 31.5 Å². The minimum atomic E-state index is 0.869. The number of imidazole rings is 1. The number of nitrogens with zero attached hydrogens (tertiary/aromatic N) is 3. The molecule has 0 unspecified atom stereocenters. The normalized spacial score (nSPS) is 10.6. The van der Waals surface area contributed by atoms with Crippen LogP contribution in [-0.4, -0.2) is 21.1 Å². The molecule has 0 atom stereocenters. The molecule has 0 saturated carbocycles. The number of aromatic nitrogens is 3. The summed E-state index contributed by atoms with van der Waals surface area (Å²) in [7, 11) is 0. The molecule has 2 aromatic rings.